The number of sulfonamides is 1. The van der Waals surface area contributed by atoms with Crippen molar-refractivity contribution in [3.05, 3.63) is 34.9 Å². The minimum absolute atomic E-state index is 0. The number of hydrogen-bond acceptors (Lipinski definition) is 3. The van der Waals surface area contributed by atoms with E-state index < -0.39 is 10.0 Å². The van der Waals surface area contributed by atoms with Gasteiger partial charge in [-0.2, -0.15) is 0 Å². The van der Waals surface area contributed by atoms with Crippen LogP contribution in [0.1, 0.15) is 24.8 Å². The van der Waals surface area contributed by atoms with Gasteiger partial charge in [-0.1, -0.05) is 30.2 Å². The predicted molar refractivity (Wildman–Crippen MR) is 119 cm³/mol. The van der Waals surface area contributed by atoms with Gasteiger partial charge in [-0.15, -0.1) is 24.0 Å². The quantitative estimate of drug-likeness (QED) is 0.318. The van der Waals surface area contributed by atoms with Gasteiger partial charge in [0.1, 0.15) is 0 Å². The number of halogens is 2. The van der Waals surface area contributed by atoms with Crippen LogP contribution in [0.25, 0.3) is 0 Å². The highest BCUT2D eigenvalue weighted by Crippen LogP contribution is 2.25. The van der Waals surface area contributed by atoms with Crippen LogP contribution in [0.2, 0.25) is 5.02 Å². The van der Waals surface area contributed by atoms with E-state index in [0.717, 1.165) is 18.4 Å². The van der Waals surface area contributed by atoms with E-state index in [1.54, 1.807) is 7.05 Å². The lowest BCUT2D eigenvalue weighted by molar-refractivity contribution is 0.316. The second kappa shape index (κ2) is 11.3. The van der Waals surface area contributed by atoms with E-state index in [9.17, 15) is 8.42 Å². The third kappa shape index (κ3) is 7.98. The summed E-state index contributed by atoms with van der Waals surface area (Å²) in [5.41, 5.74) is 1.10. The molecule has 6 nitrogen and oxygen atoms in total. The molecule has 2 rings (SSSR count). The zero-order chi connectivity index (χ0) is 18.3. The van der Waals surface area contributed by atoms with Crippen molar-refractivity contribution in [1.82, 2.24) is 14.9 Å². The fourth-order valence-corrected chi connectivity index (χ4v) is 3.77. The maximum atomic E-state index is 12.0. The van der Waals surface area contributed by atoms with Crippen LogP contribution in [-0.4, -0.2) is 52.2 Å². The smallest absolute Gasteiger partial charge is 0.213 e. The highest BCUT2D eigenvalue weighted by Gasteiger charge is 2.20. The fourth-order valence-electron chi connectivity index (χ4n) is 2.63. The molecule has 1 aliphatic carbocycles. The summed E-state index contributed by atoms with van der Waals surface area (Å²) in [5, 5.41) is 3.81. The van der Waals surface area contributed by atoms with Crippen LogP contribution in [0.4, 0.5) is 0 Å². The van der Waals surface area contributed by atoms with Crippen LogP contribution < -0.4 is 10.0 Å². The lowest BCUT2D eigenvalue weighted by Gasteiger charge is -2.25. The molecule has 0 amide bonds. The number of aliphatic imine (C=N–C) groups is 1. The van der Waals surface area contributed by atoms with Gasteiger partial charge in [0.05, 0.1) is 5.75 Å². The predicted octanol–water partition coefficient (Wildman–Crippen LogP) is 2.68. The minimum Gasteiger partial charge on any atom is -0.355 e. The van der Waals surface area contributed by atoms with Crippen molar-refractivity contribution in [3.63, 3.8) is 0 Å². The Kier molecular flexibility index (Phi) is 10.2. The second-order valence-electron chi connectivity index (χ2n) is 6.42. The van der Waals surface area contributed by atoms with Crippen molar-refractivity contribution in [3.8, 4) is 0 Å². The fraction of sp³-hybridized carbons (Fsp3) is 0.588. The van der Waals surface area contributed by atoms with Gasteiger partial charge < -0.3 is 10.2 Å². The van der Waals surface area contributed by atoms with Gasteiger partial charge in [-0.25, -0.2) is 13.1 Å². The number of benzene rings is 1. The second-order valence-corrected chi connectivity index (χ2v) is 8.78. The van der Waals surface area contributed by atoms with Crippen molar-refractivity contribution < 1.29 is 8.42 Å². The van der Waals surface area contributed by atoms with E-state index in [1.165, 1.54) is 6.42 Å². The van der Waals surface area contributed by atoms with Gasteiger partial charge in [0.2, 0.25) is 10.0 Å². The molecule has 0 atom stereocenters. The summed E-state index contributed by atoms with van der Waals surface area (Å²) < 4.78 is 26.7. The van der Waals surface area contributed by atoms with Crippen molar-refractivity contribution >= 4 is 51.6 Å². The highest BCUT2D eigenvalue weighted by molar-refractivity contribution is 14.0. The molecule has 0 bridgehead atoms. The topological polar surface area (TPSA) is 73.8 Å². The Hall–Kier alpha value is -0.580. The molecule has 2 N–H and O–H groups in total. The van der Waals surface area contributed by atoms with E-state index in [1.807, 2.05) is 36.2 Å². The van der Waals surface area contributed by atoms with Gasteiger partial charge in [-0.05, 0) is 36.5 Å². The zero-order valence-corrected chi connectivity index (χ0v) is 19.1. The highest BCUT2D eigenvalue weighted by atomic mass is 127. The molecule has 148 valence electrons. The third-order valence-electron chi connectivity index (χ3n) is 4.38. The maximum absolute atomic E-state index is 12.0. The number of guanidine groups is 1. The summed E-state index contributed by atoms with van der Waals surface area (Å²) in [5.74, 6) is 1.21. The van der Waals surface area contributed by atoms with Crippen molar-refractivity contribution in [1.29, 1.82) is 0 Å². The number of nitrogens with zero attached hydrogens (tertiary/aromatic N) is 2. The molecule has 0 aliphatic heterocycles. The Morgan fingerprint density at radius 2 is 1.96 bits per heavy atom. The Morgan fingerprint density at radius 3 is 2.50 bits per heavy atom. The molecular weight excluding hydrogens is 487 g/mol. The first-order valence-corrected chi connectivity index (χ1v) is 10.6. The number of nitrogens with one attached hydrogen (secondary N) is 2. The summed E-state index contributed by atoms with van der Waals surface area (Å²) >= 11 is 5.89. The first kappa shape index (κ1) is 23.5. The van der Waals surface area contributed by atoms with Crippen molar-refractivity contribution in [2.75, 3.05) is 32.9 Å². The van der Waals surface area contributed by atoms with Crippen LogP contribution in [0.15, 0.2) is 29.3 Å². The minimum atomic E-state index is -3.25. The average Bonchev–Trinajstić information content (AvgIpc) is 2.52. The van der Waals surface area contributed by atoms with Gasteiger partial charge in [-0.3, -0.25) is 4.99 Å². The molecule has 0 aromatic heterocycles. The van der Waals surface area contributed by atoms with Gasteiger partial charge in [0.25, 0.3) is 0 Å². The van der Waals surface area contributed by atoms with Crippen LogP contribution in [0.3, 0.4) is 0 Å². The van der Waals surface area contributed by atoms with E-state index in [2.05, 4.69) is 15.0 Å². The first-order valence-electron chi connectivity index (χ1n) is 8.53. The lowest BCUT2D eigenvalue weighted by Crippen LogP contribution is -2.42. The average molecular weight is 515 g/mol. The molecule has 0 heterocycles. The van der Waals surface area contributed by atoms with E-state index in [-0.39, 0.29) is 29.7 Å². The zero-order valence-electron chi connectivity index (χ0n) is 15.2. The molecule has 1 saturated carbocycles. The molecule has 0 spiro atoms. The summed E-state index contributed by atoms with van der Waals surface area (Å²) in [4.78, 5) is 6.15. The largest absolute Gasteiger partial charge is 0.355 e. The molecule has 1 fully saturated rings. The molecule has 1 aromatic carbocycles. The Balaban J connectivity index is 0.00000338. The van der Waals surface area contributed by atoms with Crippen LogP contribution in [0.5, 0.6) is 0 Å². The monoisotopic (exact) mass is 514 g/mol. The molecule has 0 radical (unpaired) electrons. The summed E-state index contributed by atoms with van der Waals surface area (Å²) in [7, 11) is 0.348. The van der Waals surface area contributed by atoms with E-state index in [4.69, 9.17) is 11.6 Å². The van der Waals surface area contributed by atoms with Gasteiger partial charge in [0, 0.05) is 38.8 Å². The molecule has 0 saturated heterocycles. The molecule has 1 aromatic rings. The summed E-state index contributed by atoms with van der Waals surface area (Å²) in [6.45, 7) is 1.54. The number of rotatable bonds is 8. The Bertz CT molecular complexity index is 679. The maximum Gasteiger partial charge on any atom is 0.213 e. The lowest BCUT2D eigenvalue weighted by atomic mass is 9.86. The van der Waals surface area contributed by atoms with Crippen LogP contribution in [0, 0.1) is 5.92 Å². The third-order valence-corrected chi connectivity index (χ3v) is 5.98. The molecule has 26 heavy (non-hydrogen) atoms. The van der Waals surface area contributed by atoms with E-state index in [0.29, 0.717) is 36.5 Å². The SMILES string of the molecule is CN=C(NCCS(=O)(=O)NCC1CCC1)N(C)Cc1ccc(Cl)cc1.I. The molecule has 0 unspecified atom stereocenters. The summed E-state index contributed by atoms with van der Waals surface area (Å²) in [6, 6.07) is 7.62. The number of hydrogen-bond donors (Lipinski definition) is 2. The normalized spacial score (nSPS) is 15.1. The van der Waals surface area contributed by atoms with Crippen LogP contribution in [-0.2, 0) is 16.6 Å². The molecule has 9 heteroatoms. The standard InChI is InChI=1S/C17H27ClN4O2S.HI/c1-19-17(22(2)13-15-6-8-16(18)9-7-15)20-10-11-25(23,24)21-12-14-4-3-5-14;/h6-9,14,21H,3-5,10-13H2,1-2H3,(H,19,20);1H. The molecule has 1 aliphatic rings. The summed E-state index contributed by atoms with van der Waals surface area (Å²) in [6.07, 6.45) is 3.47. The van der Waals surface area contributed by atoms with Crippen molar-refractivity contribution in [2.24, 2.45) is 10.9 Å². The Labute approximate surface area is 178 Å². The van der Waals surface area contributed by atoms with E-state index >= 15 is 0 Å². The first-order chi connectivity index (χ1) is 11.9. The van der Waals surface area contributed by atoms with Crippen molar-refractivity contribution in [2.45, 2.75) is 25.8 Å². The van der Waals surface area contributed by atoms with Crippen LogP contribution >= 0.6 is 35.6 Å². The molecular formula is C17H28ClIN4O2S. The Morgan fingerprint density at radius 1 is 1.31 bits per heavy atom. The van der Waals surface area contributed by atoms with Gasteiger partial charge >= 0.3 is 0 Å². The van der Waals surface area contributed by atoms with Gasteiger partial charge in [0.15, 0.2) is 5.96 Å².